The van der Waals surface area contributed by atoms with Crippen molar-refractivity contribution in [2.24, 2.45) is 5.73 Å². The van der Waals surface area contributed by atoms with Gasteiger partial charge in [-0.3, -0.25) is 14.4 Å². The second kappa shape index (κ2) is 13.3. The number of amides is 3. The minimum atomic E-state index is -1.38. The third kappa shape index (κ3) is 6.34. The van der Waals surface area contributed by atoms with Gasteiger partial charge in [-0.25, -0.2) is 9.78 Å². The smallest absolute Gasteiger partial charge is 0.355 e. The molecule has 6 rings (SSSR count). The van der Waals surface area contributed by atoms with Crippen LogP contribution in [0.3, 0.4) is 0 Å². The fourth-order valence-electron chi connectivity index (χ4n) is 6.30. The van der Waals surface area contributed by atoms with Crippen molar-refractivity contribution in [1.29, 1.82) is 0 Å². The van der Waals surface area contributed by atoms with Gasteiger partial charge in [0.2, 0.25) is 5.91 Å². The zero-order chi connectivity index (χ0) is 33.1. The molecule has 2 aliphatic rings. The molecule has 1 aliphatic carbocycles. The average Bonchev–Trinajstić information content (AvgIpc) is 3.49. The highest BCUT2D eigenvalue weighted by molar-refractivity contribution is 7.13. The summed E-state index contributed by atoms with van der Waals surface area (Å²) in [5, 5.41) is 20.7. The van der Waals surface area contributed by atoms with Gasteiger partial charge in [0.1, 0.15) is 17.0 Å². The van der Waals surface area contributed by atoms with Gasteiger partial charge in [0.25, 0.3) is 11.8 Å². The van der Waals surface area contributed by atoms with Gasteiger partial charge in [0.15, 0.2) is 5.69 Å². The third-order valence-corrected chi connectivity index (χ3v) is 9.76. The topological polar surface area (TPSA) is 173 Å². The summed E-state index contributed by atoms with van der Waals surface area (Å²) >= 11 is 1.54. The molecule has 3 amide bonds. The van der Waals surface area contributed by atoms with E-state index in [0.29, 0.717) is 43.9 Å². The first-order chi connectivity index (χ1) is 22.7. The van der Waals surface area contributed by atoms with Gasteiger partial charge in [0.05, 0.1) is 6.61 Å². The van der Waals surface area contributed by atoms with Crippen molar-refractivity contribution in [3.8, 4) is 27.3 Å². The minimum absolute atomic E-state index is 0.137. The molecule has 47 heavy (non-hydrogen) atoms. The number of anilines is 1. The summed E-state index contributed by atoms with van der Waals surface area (Å²) in [7, 11) is 1.52. The number of carboxylic acid groups (broad SMARTS) is 1. The van der Waals surface area contributed by atoms with E-state index in [2.05, 4.69) is 20.9 Å². The molecule has 11 nitrogen and oxygen atoms in total. The van der Waals surface area contributed by atoms with Crippen LogP contribution >= 0.6 is 11.3 Å². The van der Waals surface area contributed by atoms with Crippen LogP contribution in [0.5, 0.6) is 5.75 Å². The lowest BCUT2D eigenvalue weighted by Gasteiger charge is -2.36. The quantitative estimate of drug-likeness (QED) is 0.177. The number of hydrogen-bond donors (Lipinski definition) is 5. The molecule has 1 saturated carbocycles. The summed E-state index contributed by atoms with van der Waals surface area (Å²) in [6.45, 7) is 0.767. The Bertz CT molecular complexity index is 1860. The number of thiophene rings is 1. The number of pyridine rings is 1. The van der Waals surface area contributed by atoms with Crippen LogP contribution in [-0.4, -0.2) is 53.0 Å². The lowest BCUT2D eigenvalue weighted by atomic mass is 9.80. The molecule has 6 N–H and O–H groups in total. The number of rotatable bonds is 8. The molecular weight excluding hydrogens is 618 g/mol. The van der Waals surface area contributed by atoms with Crippen LogP contribution in [0, 0.1) is 0 Å². The molecule has 1 aliphatic heterocycles. The van der Waals surface area contributed by atoms with Gasteiger partial charge in [-0.1, -0.05) is 31.4 Å². The molecule has 3 heterocycles. The number of hydrogen-bond acceptors (Lipinski definition) is 8. The molecule has 0 radical (unpaired) electrons. The summed E-state index contributed by atoms with van der Waals surface area (Å²) < 4.78 is 6.11. The molecule has 2 aromatic heterocycles. The van der Waals surface area contributed by atoms with Crippen LogP contribution in [0.4, 0.5) is 5.69 Å². The number of aromatic carboxylic acids is 1. The van der Waals surface area contributed by atoms with E-state index in [9.17, 15) is 24.3 Å². The number of benzene rings is 2. The van der Waals surface area contributed by atoms with Crippen molar-refractivity contribution < 1.29 is 29.0 Å². The summed E-state index contributed by atoms with van der Waals surface area (Å²) in [5.74, 6) is -2.29. The van der Waals surface area contributed by atoms with Crippen LogP contribution in [-0.2, 0) is 17.8 Å². The zero-order valence-corrected chi connectivity index (χ0v) is 26.7. The molecule has 0 unspecified atom stereocenters. The molecule has 12 heteroatoms. The average molecular weight is 654 g/mol. The summed E-state index contributed by atoms with van der Waals surface area (Å²) in [5.41, 5.74) is 7.96. The number of likely N-dealkylation sites (N-methyl/N-ethyl adjacent to an activating group) is 1. The number of carbonyl (C=O) groups is 4. The largest absolute Gasteiger partial charge is 0.493 e. The van der Waals surface area contributed by atoms with Crippen molar-refractivity contribution in [1.82, 2.24) is 15.6 Å². The normalized spacial score (nSPS) is 14.9. The van der Waals surface area contributed by atoms with E-state index in [1.165, 1.54) is 30.5 Å². The number of nitrogens with two attached hydrogens (primary N) is 1. The SMILES string of the molecule is CNC(=O)C1(NC(=O)c2ccc(-c3cc4c(cc3C(=O)Nc3ccc(CN)cc3)-c3sccc3CCO4)c(C(=O)O)n2)CCCCC1. The van der Waals surface area contributed by atoms with Gasteiger partial charge in [0, 0.05) is 52.8 Å². The monoisotopic (exact) mass is 653 g/mol. The maximum Gasteiger partial charge on any atom is 0.355 e. The van der Waals surface area contributed by atoms with Crippen molar-refractivity contribution in [2.45, 2.75) is 50.6 Å². The van der Waals surface area contributed by atoms with Gasteiger partial charge in [-0.05, 0) is 71.8 Å². The fourth-order valence-corrected chi connectivity index (χ4v) is 7.28. The Morgan fingerprint density at radius 1 is 0.957 bits per heavy atom. The second-order valence-corrected chi connectivity index (χ2v) is 12.6. The number of ether oxygens (including phenoxy) is 1. The van der Waals surface area contributed by atoms with E-state index in [1.807, 2.05) is 23.6 Å². The van der Waals surface area contributed by atoms with Crippen LogP contribution < -0.4 is 26.4 Å². The lowest BCUT2D eigenvalue weighted by Crippen LogP contribution is -2.59. The Kier molecular flexibility index (Phi) is 9.06. The highest BCUT2D eigenvalue weighted by Crippen LogP contribution is 2.43. The Labute approximate surface area is 275 Å². The standard InChI is InChI=1S/C35H35N5O6S/c1-37-34(45)35(13-3-2-4-14-35)40-32(42)27-10-9-23(29(39-27)33(43)44)24-18-28-26(30-21(11-15-46-28)12-16-47-30)17-25(24)31(41)38-22-7-5-20(19-36)6-8-22/h5-10,12,16-18H,2-4,11,13-15,19,36H2,1H3,(H,37,45)(H,38,41)(H,40,42)(H,43,44). The third-order valence-electron chi connectivity index (χ3n) is 8.77. The van der Waals surface area contributed by atoms with Crippen molar-refractivity contribution in [2.75, 3.05) is 19.0 Å². The molecule has 1 fully saturated rings. The Morgan fingerprint density at radius 3 is 2.43 bits per heavy atom. The first kappa shape index (κ1) is 31.9. The maximum atomic E-state index is 13.9. The maximum absolute atomic E-state index is 13.9. The van der Waals surface area contributed by atoms with Crippen LogP contribution in [0.25, 0.3) is 21.6 Å². The molecular formula is C35H35N5O6S. The van der Waals surface area contributed by atoms with Gasteiger partial charge >= 0.3 is 5.97 Å². The molecule has 2 aromatic carbocycles. The predicted octanol–water partition coefficient (Wildman–Crippen LogP) is 5.00. The van der Waals surface area contributed by atoms with Gasteiger partial charge in [-0.2, -0.15) is 0 Å². The highest BCUT2D eigenvalue weighted by atomic mass is 32.1. The van der Waals surface area contributed by atoms with Crippen molar-refractivity contribution in [3.63, 3.8) is 0 Å². The molecule has 0 atom stereocenters. The zero-order valence-electron chi connectivity index (χ0n) is 25.9. The number of aromatic nitrogens is 1. The number of fused-ring (bicyclic) bond motifs is 3. The fraction of sp³-hybridized carbons (Fsp3) is 0.286. The number of nitrogens with one attached hydrogen (secondary N) is 3. The number of carbonyl (C=O) groups excluding carboxylic acids is 3. The summed E-state index contributed by atoms with van der Waals surface area (Å²) in [6.07, 6.45) is 4.12. The molecule has 0 bridgehead atoms. The molecule has 242 valence electrons. The Balaban J connectivity index is 1.43. The lowest BCUT2D eigenvalue weighted by molar-refractivity contribution is -0.128. The predicted molar refractivity (Wildman–Crippen MR) is 179 cm³/mol. The van der Waals surface area contributed by atoms with Gasteiger partial charge < -0.3 is 31.5 Å². The van der Waals surface area contributed by atoms with Crippen molar-refractivity contribution >= 4 is 40.7 Å². The van der Waals surface area contributed by atoms with E-state index in [0.717, 1.165) is 40.8 Å². The van der Waals surface area contributed by atoms with E-state index < -0.39 is 29.0 Å². The highest BCUT2D eigenvalue weighted by Gasteiger charge is 2.41. The van der Waals surface area contributed by atoms with Gasteiger partial charge in [-0.15, -0.1) is 11.3 Å². The van der Waals surface area contributed by atoms with Crippen LogP contribution in [0.1, 0.15) is 74.6 Å². The van der Waals surface area contributed by atoms with Crippen molar-refractivity contribution in [3.05, 3.63) is 88.1 Å². The van der Waals surface area contributed by atoms with Crippen LogP contribution in [0.2, 0.25) is 0 Å². The molecule has 4 aromatic rings. The number of carboxylic acids is 1. The van der Waals surface area contributed by atoms with E-state index >= 15 is 0 Å². The minimum Gasteiger partial charge on any atom is -0.493 e. The molecule has 0 spiro atoms. The van der Waals surface area contributed by atoms with E-state index in [1.54, 1.807) is 24.3 Å². The Morgan fingerprint density at radius 2 is 1.72 bits per heavy atom. The Hall–Kier alpha value is -5.07. The number of nitrogens with zero attached hydrogens (tertiary/aromatic N) is 1. The summed E-state index contributed by atoms with van der Waals surface area (Å²) in [6, 6.07) is 15.4. The first-order valence-electron chi connectivity index (χ1n) is 15.5. The van der Waals surface area contributed by atoms with E-state index in [-0.39, 0.29) is 28.3 Å². The summed E-state index contributed by atoms with van der Waals surface area (Å²) in [4.78, 5) is 58.2. The molecule has 0 saturated heterocycles. The van der Waals surface area contributed by atoms with Crippen LogP contribution in [0.15, 0.2) is 60.0 Å². The second-order valence-electron chi connectivity index (χ2n) is 11.7. The first-order valence-corrected chi connectivity index (χ1v) is 16.4. The van der Waals surface area contributed by atoms with E-state index in [4.69, 9.17) is 10.5 Å².